The molecule has 0 amide bonds. The molecule has 0 aliphatic carbocycles. The van der Waals surface area contributed by atoms with Crippen molar-refractivity contribution in [3.05, 3.63) is 36.0 Å². The Labute approximate surface area is 123 Å². The number of nitrogens with zero attached hydrogens (tertiary/aromatic N) is 1. The predicted molar refractivity (Wildman–Crippen MR) is 71.8 cm³/mol. The Balaban J connectivity index is 2.51. The molecule has 2 aromatic rings. The van der Waals surface area contributed by atoms with Crippen molar-refractivity contribution in [1.29, 1.82) is 0 Å². The van der Waals surface area contributed by atoms with Crippen LogP contribution < -0.4 is 5.73 Å². The van der Waals surface area contributed by atoms with Crippen LogP contribution in [0.5, 0.6) is 0 Å². The minimum absolute atomic E-state index is 0.0557. The van der Waals surface area contributed by atoms with E-state index in [2.05, 4.69) is 4.74 Å². The summed E-state index contributed by atoms with van der Waals surface area (Å²) in [6, 6.07) is 0.438. The molecule has 0 saturated carbocycles. The van der Waals surface area contributed by atoms with Gasteiger partial charge >= 0.3 is 18.4 Å². The molecule has 0 bridgehead atoms. The SMILES string of the molecule is COC(=O)[C@@H](N)Cc1cn(C(F)(F)C(F)F)c2ccccc12. The van der Waals surface area contributed by atoms with Crippen LogP contribution in [0.15, 0.2) is 30.5 Å². The Bertz CT molecular complexity index is 685. The van der Waals surface area contributed by atoms with Crippen molar-refractivity contribution in [3.8, 4) is 0 Å². The first kappa shape index (κ1) is 16.3. The summed E-state index contributed by atoms with van der Waals surface area (Å²) >= 11 is 0. The number of methoxy groups -OCH3 is 1. The molecule has 8 heteroatoms. The number of alkyl halides is 4. The van der Waals surface area contributed by atoms with Gasteiger partial charge in [0.15, 0.2) is 0 Å². The molecule has 0 aliphatic rings. The average Bonchev–Trinajstić information content (AvgIpc) is 2.85. The number of rotatable bonds is 5. The number of hydrogen-bond acceptors (Lipinski definition) is 3. The number of hydrogen-bond donors (Lipinski definition) is 1. The third kappa shape index (κ3) is 2.78. The zero-order chi connectivity index (χ0) is 16.5. The molecule has 0 fully saturated rings. The number of ether oxygens (including phenoxy) is 1. The average molecular weight is 318 g/mol. The highest BCUT2D eigenvalue weighted by Crippen LogP contribution is 2.34. The second-order valence-corrected chi connectivity index (χ2v) is 4.76. The van der Waals surface area contributed by atoms with Crippen molar-refractivity contribution < 1.29 is 27.1 Å². The molecule has 1 aromatic carbocycles. The van der Waals surface area contributed by atoms with Gasteiger partial charge in [0.25, 0.3) is 0 Å². The molecule has 1 atom stereocenters. The van der Waals surface area contributed by atoms with Crippen molar-refractivity contribution in [3.63, 3.8) is 0 Å². The van der Waals surface area contributed by atoms with Crippen molar-refractivity contribution in [2.75, 3.05) is 7.11 Å². The first-order valence-corrected chi connectivity index (χ1v) is 6.37. The zero-order valence-corrected chi connectivity index (χ0v) is 11.6. The van der Waals surface area contributed by atoms with Crippen LogP contribution in [0.25, 0.3) is 10.9 Å². The van der Waals surface area contributed by atoms with Gasteiger partial charge in [0.1, 0.15) is 6.04 Å². The van der Waals surface area contributed by atoms with Gasteiger partial charge in [-0.05, 0) is 11.6 Å². The molecule has 22 heavy (non-hydrogen) atoms. The van der Waals surface area contributed by atoms with Crippen LogP contribution in [0.3, 0.4) is 0 Å². The lowest BCUT2D eigenvalue weighted by atomic mass is 10.1. The molecular weight excluding hydrogens is 304 g/mol. The quantitative estimate of drug-likeness (QED) is 0.681. The molecule has 1 aromatic heterocycles. The predicted octanol–water partition coefficient (Wildman–Crippen LogP) is 2.50. The maximum Gasteiger partial charge on any atom is 0.389 e. The molecule has 2 N–H and O–H groups in total. The van der Waals surface area contributed by atoms with E-state index in [1.54, 1.807) is 6.07 Å². The van der Waals surface area contributed by atoms with Crippen molar-refractivity contribution in [2.45, 2.75) is 24.9 Å². The molecule has 0 unspecified atom stereocenters. The van der Waals surface area contributed by atoms with Crippen LogP contribution >= 0.6 is 0 Å². The number of esters is 1. The number of aromatic nitrogens is 1. The second-order valence-electron chi connectivity index (χ2n) is 4.76. The first-order chi connectivity index (χ1) is 10.3. The summed E-state index contributed by atoms with van der Waals surface area (Å²) in [6.45, 7) is 0. The highest BCUT2D eigenvalue weighted by atomic mass is 19.3. The molecule has 4 nitrogen and oxygen atoms in total. The Morgan fingerprint density at radius 2 is 2.00 bits per heavy atom. The lowest BCUT2D eigenvalue weighted by Gasteiger charge is -2.18. The topological polar surface area (TPSA) is 57.2 Å². The smallest absolute Gasteiger partial charge is 0.389 e. The van der Waals surface area contributed by atoms with Gasteiger partial charge in [-0.15, -0.1) is 0 Å². The van der Waals surface area contributed by atoms with Gasteiger partial charge < -0.3 is 10.5 Å². The molecule has 0 radical (unpaired) electrons. The fourth-order valence-electron chi connectivity index (χ4n) is 2.24. The molecule has 2 rings (SSSR count). The van der Waals surface area contributed by atoms with Gasteiger partial charge in [-0.3, -0.25) is 9.36 Å². The van der Waals surface area contributed by atoms with E-state index in [-0.39, 0.29) is 22.1 Å². The van der Waals surface area contributed by atoms with Gasteiger partial charge in [-0.1, -0.05) is 18.2 Å². The lowest BCUT2D eigenvalue weighted by Crippen LogP contribution is -2.33. The monoisotopic (exact) mass is 318 g/mol. The Morgan fingerprint density at radius 1 is 1.36 bits per heavy atom. The van der Waals surface area contributed by atoms with E-state index in [0.717, 1.165) is 13.3 Å². The fraction of sp³-hybridized carbons (Fsp3) is 0.357. The number of benzene rings is 1. The summed E-state index contributed by atoms with van der Waals surface area (Å²) in [4.78, 5) is 11.3. The van der Waals surface area contributed by atoms with Crippen molar-refractivity contribution >= 4 is 16.9 Å². The summed E-state index contributed by atoms with van der Waals surface area (Å²) in [5.41, 5.74) is 5.83. The first-order valence-electron chi connectivity index (χ1n) is 6.37. The molecule has 0 saturated heterocycles. The summed E-state index contributed by atoms with van der Waals surface area (Å²) in [5.74, 6) is -0.711. The summed E-state index contributed by atoms with van der Waals surface area (Å²) in [7, 11) is 1.15. The normalized spacial score (nSPS) is 13.6. The molecule has 120 valence electrons. The minimum atomic E-state index is -4.35. The minimum Gasteiger partial charge on any atom is -0.468 e. The van der Waals surface area contributed by atoms with E-state index < -0.39 is 24.5 Å². The van der Waals surface area contributed by atoms with Crippen LogP contribution in [-0.2, 0) is 22.0 Å². The van der Waals surface area contributed by atoms with E-state index in [1.165, 1.54) is 18.2 Å². The van der Waals surface area contributed by atoms with Crippen molar-refractivity contribution in [1.82, 2.24) is 4.57 Å². The van der Waals surface area contributed by atoms with E-state index in [9.17, 15) is 22.4 Å². The van der Waals surface area contributed by atoms with Crippen LogP contribution in [0.4, 0.5) is 17.6 Å². The number of nitrogens with two attached hydrogens (primary N) is 1. The highest BCUT2D eigenvalue weighted by molar-refractivity contribution is 5.85. The van der Waals surface area contributed by atoms with Crippen LogP contribution in [0.2, 0.25) is 0 Å². The second kappa shape index (κ2) is 5.96. The van der Waals surface area contributed by atoms with E-state index in [4.69, 9.17) is 5.73 Å². The fourth-order valence-corrected chi connectivity index (χ4v) is 2.24. The molecule has 0 aliphatic heterocycles. The lowest BCUT2D eigenvalue weighted by molar-refractivity contribution is -0.186. The zero-order valence-electron chi connectivity index (χ0n) is 11.6. The Morgan fingerprint density at radius 3 is 2.59 bits per heavy atom. The van der Waals surface area contributed by atoms with Gasteiger partial charge in [-0.25, -0.2) is 8.78 Å². The number of para-hydroxylation sites is 1. The summed E-state index contributed by atoms with van der Waals surface area (Å²) in [5, 5.41) is 0.335. The van der Waals surface area contributed by atoms with Crippen LogP contribution in [0.1, 0.15) is 5.56 Å². The molecule has 1 heterocycles. The van der Waals surface area contributed by atoms with Crippen LogP contribution in [-0.4, -0.2) is 30.1 Å². The van der Waals surface area contributed by atoms with E-state index >= 15 is 0 Å². The number of halogens is 4. The maximum atomic E-state index is 13.7. The van der Waals surface area contributed by atoms with Gasteiger partial charge in [0.05, 0.1) is 12.6 Å². The number of fused-ring (bicyclic) bond motifs is 1. The molecular formula is C14H14F4N2O2. The van der Waals surface area contributed by atoms with E-state index in [0.29, 0.717) is 5.39 Å². The number of carbonyl (C=O) groups is 1. The summed E-state index contributed by atoms with van der Waals surface area (Å²) < 4.78 is 57.3. The molecule has 0 spiro atoms. The summed E-state index contributed by atoms with van der Waals surface area (Å²) in [6.07, 6.45) is -3.05. The Kier molecular flexibility index (Phi) is 4.41. The van der Waals surface area contributed by atoms with Crippen LogP contribution in [0, 0.1) is 0 Å². The van der Waals surface area contributed by atoms with Gasteiger partial charge in [-0.2, -0.15) is 8.78 Å². The highest BCUT2D eigenvalue weighted by Gasteiger charge is 2.43. The number of carbonyl (C=O) groups excluding carboxylic acids is 1. The standard InChI is InChI=1S/C14H14F4N2O2/c1-22-12(21)10(19)6-8-7-20(14(17,18)13(15)16)11-5-3-2-4-9(8)11/h2-5,7,10,13H,6,19H2,1H3/t10-/m0/s1. The van der Waals surface area contributed by atoms with E-state index in [1.807, 2.05) is 0 Å². The van der Waals surface area contributed by atoms with Gasteiger partial charge in [0, 0.05) is 18.0 Å². The van der Waals surface area contributed by atoms with Crippen molar-refractivity contribution in [2.24, 2.45) is 5.73 Å². The maximum absolute atomic E-state index is 13.7. The third-order valence-corrected chi connectivity index (χ3v) is 3.32. The third-order valence-electron chi connectivity index (χ3n) is 3.32. The van der Waals surface area contributed by atoms with Gasteiger partial charge in [0.2, 0.25) is 0 Å². The Hall–Kier alpha value is -2.09. The largest absolute Gasteiger partial charge is 0.468 e.